The average Bonchev–Trinajstić information content (AvgIpc) is 3.28. The van der Waals surface area contributed by atoms with Gasteiger partial charge in [-0.2, -0.15) is 0 Å². The van der Waals surface area contributed by atoms with E-state index in [9.17, 15) is 9.59 Å². The largest absolute Gasteiger partial charge is 0.480 e. The number of hydrogen-bond acceptors (Lipinski definition) is 5. The second-order valence-electron chi connectivity index (χ2n) is 7.84. The van der Waals surface area contributed by atoms with Crippen LogP contribution in [0.15, 0.2) is 16.5 Å². The van der Waals surface area contributed by atoms with E-state index in [1.165, 1.54) is 12.8 Å². The Morgan fingerprint density at radius 2 is 2.04 bits per heavy atom. The van der Waals surface area contributed by atoms with E-state index in [4.69, 9.17) is 9.52 Å². The number of likely N-dealkylation sites (tertiary alicyclic amines) is 1. The Morgan fingerprint density at radius 3 is 2.61 bits per heavy atom. The van der Waals surface area contributed by atoms with Gasteiger partial charge in [0.15, 0.2) is 0 Å². The molecule has 1 atom stereocenters. The van der Waals surface area contributed by atoms with Gasteiger partial charge in [-0.3, -0.25) is 14.6 Å². The van der Waals surface area contributed by atoms with Gasteiger partial charge in [0.1, 0.15) is 11.5 Å². The molecular formula is C20H32N4O4. The van der Waals surface area contributed by atoms with Crippen molar-refractivity contribution in [3.8, 4) is 0 Å². The molecule has 2 aliphatic rings. The maximum absolute atomic E-state index is 12.3. The van der Waals surface area contributed by atoms with E-state index in [0.717, 1.165) is 37.5 Å². The van der Waals surface area contributed by atoms with Crippen LogP contribution in [0.2, 0.25) is 0 Å². The summed E-state index contributed by atoms with van der Waals surface area (Å²) in [5.41, 5.74) is 0. The van der Waals surface area contributed by atoms with Crippen LogP contribution in [-0.2, 0) is 4.79 Å². The molecule has 1 aromatic heterocycles. The van der Waals surface area contributed by atoms with Gasteiger partial charge in [0.2, 0.25) is 0 Å². The normalized spacial score (nSPS) is 23.4. The Morgan fingerprint density at radius 1 is 1.32 bits per heavy atom. The van der Waals surface area contributed by atoms with Crippen molar-refractivity contribution in [1.29, 1.82) is 0 Å². The van der Waals surface area contributed by atoms with Gasteiger partial charge >= 0.3 is 12.0 Å². The van der Waals surface area contributed by atoms with Crippen LogP contribution in [0.3, 0.4) is 0 Å². The molecule has 0 spiro atoms. The summed E-state index contributed by atoms with van der Waals surface area (Å²) in [5, 5.41) is 15.0. The predicted octanol–water partition coefficient (Wildman–Crippen LogP) is 1.96. The van der Waals surface area contributed by atoms with E-state index in [1.54, 1.807) is 0 Å². The Bertz CT molecular complexity index is 665. The highest BCUT2D eigenvalue weighted by atomic mass is 16.4. The zero-order valence-electron chi connectivity index (χ0n) is 16.8. The third-order valence-corrected chi connectivity index (χ3v) is 5.84. The molecule has 2 heterocycles. The number of carboxylic acid groups (broad SMARTS) is 1. The van der Waals surface area contributed by atoms with Crippen molar-refractivity contribution in [2.75, 3.05) is 32.7 Å². The number of carbonyl (C=O) groups excluding carboxylic acids is 1. The number of nitrogens with zero attached hydrogens (tertiary/aromatic N) is 2. The smallest absolute Gasteiger partial charge is 0.317 e. The lowest BCUT2D eigenvalue weighted by Crippen LogP contribution is -2.56. The Balaban J connectivity index is 1.45. The van der Waals surface area contributed by atoms with Crippen molar-refractivity contribution in [1.82, 2.24) is 20.4 Å². The summed E-state index contributed by atoms with van der Waals surface area (Å²) in [4.78, 5) is 27.6. The predicted molar refractivity (Wildman–Crippen MR) is 105 cm³/mol. The van der Waals surface area contributed by atoms with Crippen LogP contribution in [-0.4, -0.2) is 71.7 Å². The van der Waals surface area contributed by atoms with E-state index in [-0.39, 0.29) is 30.7 Å². The summed E-state index contributed by atoms with van der Waals surface area (Å²) in [6, 6.07) is 4.18. The van der Waals surface area contributed by atoms with Crippen LogP contribution in [0.1, 0.15) is 50.2 Å². The first-order chi connectivity index (χ1) is 13.5. The second kappa shape index (κ2) is 9.43. The summed E-state index contributed by atoms with van der Waals surface area (Å²) in [7, 11) is 0. The number of aryl methyl sites for hydroxylation is 1. The van der Waals surface area contributed by atoms with E-state index < -0.39 is 5.97 Å². The molecule has 28 heavy (non-hydrogen) atoms. The van der Waals surface area contributed by atoms with Crippen LogP contribution in [0.25, 0.3) is 0 Å². The van der Waals surface area contributed by atoms with Crippen molar-refractivity contribution in [3.05, 3.63) is 23.7 Å². The average molecular weight is 393 g/mol. The second-order valence-corrected chi connectivity index (χ2v) is 7.84. The Labute approximate surface area is 166 Å². The molecule has 0 aromatic carbocycles. The highest BCUT2D eigenvalue weighted by Crippen LogP contribution is 2.27. The van der Waals surface area contributed by atoms with Crippen molar-refractivity contribution in [2.24, 2.45) is 0 Å². The van der Waals surface area contributed by atoms with Crippen LogP contribution in [0.5, 0.6) is 0 Å². The van der Waals surface area contributed by atoms with Gasteiger partial charge in [-0.25, -0.2) is 4.79 Å². The first kappa shape index (κ1) is 20.7. The van der Waals surface area contributed by atoms with E-state index in [1.807, 2.05) is 30.9 Å². The Hall–Kier alpha value is -2.06. The fourth-order valence-electron chi connectivity index (χ4n) is 4.20. The van der Waals surface area contributed by atoms with Gasteiger partial charge in [0.25, 0.3) is 0 Å². The standard InChI is InChI=1S/C20H32N4O4/c1-3-23(13-19(25)26)16-10-15(11-16)22-20(27)21-12-17(24-8-4-5-9-24)18-7-6-14(2)28-18/h6-7,15-17H,3-5,8-13H2,1-2H3,(H,25,26)(H2,21,22,27). The summed E-state index contributed by atoms with van der Waals surface area (Å²) in [6.07, 6.45) is 3.94. The molecule has 1 aromatic rings. The quantitative estimate of drug-likeness (QED) is 0.594. The van der Waals surface area contributed by atoms with Gasteiger partial charge in [-0.05, 0) is 64.4 Å². The van der Waals surface area contributed by atoms with Crippen LogP contribution in [0, 0.1) is 6.92 Å². The van der Waals surface area contributed by atoms with Crippen molar-refractivity contribution < 1.29 is 19.1 Å². The molecule has 0 bridgehead atoms. The molecule has 1 aliphatic carbocycles. The summed E-state index contributed by atoms with van der Waals surface area (Å²) in [5.74, 6) is 0.971. The fraction of sp³-hybridized carbons (Fsp3) is 0.700. The van der Waals surface area contributed by atoms with Gasteiger partial charge < -0.3 is 20.2 Å². The minimum Gasteiger partial charge on any atom is -0.480 e. The highest BCUT2D eigenvalue weighted by Gasteiger charge is 2.35. The van der Waals surface area contributed by atoms with Crippen LogP contribution >= 0.6 is 0 Å². The molecule has 3 rings (SSSR count). The van der Waals surface area contributed by atoms with Crippen molar-refractivity contribution in [3.63, 3.8) is 0 Å². The van der Waals surface area contributed by atoms with Crippen LogP contribution in [0.4, 0.5) is 4.79 Å². The van der Waals surface area contributed by atoms with Gasteiger partial charge in [0, 0.05) is 18.6 Å². The molecule has 2 fully saturated rings. The van der Waals surface area contributed by atoms with Gasteiger partial charge in [-0.15, -0.1) is 0 Å². The number of carboxylic acids is 1. The molecule has 3 N–H and O–H groups in total. The maximum Gasteiger partial charge on any atom is 0.317 e. The maximum atomic E-state index is 12.3. The first-order valence-corrected chi connectivity index (χ1v) is 10.3. The first-order valence-electron chi connectivity index (χ1n) is 10.3. The summed E-state index contributed by atoms with van der Waals surface area (Å²) >= 11 is 0. The van der Waals surface area contributed by atoms with E-state index in [0.29, 0.717) is 13.1 Å². The SMILES string of the molecule is CCN(CC(=O)O)C1CC(NC(=O)NCC(c2ccc(C)o2)N2CCCC2)C1. The zero-order valence-corrected chi connectivity index (χ0v) is 16.8. The molecule has 0 radical (unpaired) electrons. The lowest BCUT2D eigenvalue weighted by atomic mass is 9.85. The minimum absolute atomic E-state index is 0.0557. The highest BCUT2D eigenvalue weighted by molar-refractivity contribution is 5.74. The lowest BCUT2D eigenvalue weighted by Gasteiger charge is -2.42. The van der Waals surface area contributed by atoms with E-state index >= 15 is 0 Å². The Kier molecular flexibility index (Phi) is 6.96. The number of hydrogen-bond donors (Lipinski definition) is 3. The van der Waals surface area contributed by atoms with Gasteiger partial charge in [-0.1, -0.05) is 6.92 Å². The third kappa shape index (κ3) is 5.26. The lowest BCUT2D eigenvalue weighted by molar-refractivity contribution is -0.139. The molecular weight excluding hydrogens is 360 g/mol. The molecule has 1 unspecified atom stereocenters. The topological polar surface area (TPSA) is 98.1 Å². The van der Waals surface area contributed by atoms with Crippen molar-refractivity contribution >= 4 is 12.0 Å². The number of rotatable bonds is 9. The molecule has 8 nitrogen and oxygen atoms in total. The molecule has 8 heteroatoms. The number of likely N-dealkylation sites (N-methyl/N-ethyl adjacent to an activating group) is 1. The molecule has 2 amide bonds. The minimum atomic E-state index is -0.808. The molecule has 1 saturated heterocycles. The van der Waals surface area contributed by atoms with E-state index in [2.05, 4.69) is 15.5 Å². The number of urea groups is 1. The monoisotopic (exact) mass is 392 g/mol. The molecule has 1 saturated carbocycles. The summed E-state index contributed by atoms with van der Waals surface area (Å²) in [6.45, 7) is 7.21. The van der Waals surface area contributed by atoms with Crippen LogP contribution < -0.4 is 10.6 Å². The number of carbonyl (C=O) groups is 2. The number of furan rings is 1. The number of amides is 2. The number of nitrogens with one attached hydrogen (secondary N) is 2. The fourth-order valence-corrected chi connectivity index (χ4v) is 4.20. The number of aliphatic carboxylic acids is 1. The molecule has 156 valence electrons. The summed E-state index contributed by atoms with van der Waals surface area (Å²) < 4.78 is 5.82. The van der Waals surface area contributed by atoms with Gasteiger partial charge in [0.05, 0.1) is 12.6 Å². The zero-order chi connectivity index (χ0) is 20.1. The van der Waals surface area contributed by atoms with Crippen molar-refractivity contribution in [2.45, 2.75) is 57.7 Å². The molecule has 1 aliphatic heterocycles. The third-order valence-electron chi connectivity index (χ3n) is 5.84.